The van der Waals surface area contributed by atoms with Gasteiger partial charge in [-0.1, -0.05) is 30.3 Å². The molecule has 6 heteroatoms. The van der Waals surface area contributed by atoms with Gasteiger partial charge in [-0.3, -0.25) is 4.57 Å². The fourth-order valence-electron chi connectivity index (χ4n) is 4.07. The minimum Gasteiger partial charge on any atom is -0.497 e. The normalized spacial score (nSPS) is 13.3. The molecule has 1 aliphatic rings. The fourth-order valence-corrected chi connectivity index (χ4v) is 4.07. The lowest BCUT2D eigenvalue weighted by Gasteiger charge is -2.21. The standard InChI is InChI=1S/C24H25N5O/c1-16-12-18-8-9-19(30-2)13-22(18)29(16)24-27-21-10-11-25-15-20(21)23(28-24)26-14-17-6-4-3-5-7-17/h3-9,12-13,25H,10-11,14-15H2,1-2H3,(H,26,27,28). The summed E-state index contributed by atoms with van der Waals surface area (Å²) in [6.07, 6.45) is 0.895. The smallest absolute Gasteiger partial charge is 0.236 e. The van der Waals surface area contributed by atoms with Crippen LogP contribution in [0.25, 0.3) is 16.9 Å². The highest BCUT2D eigenvalue weighted by atomic mass is 16.5. The topological polar surface area (TPSA) is 64.0 Å². The minimum absolute atomic E-state index is 0.701. The van der Waals surface area contributed by atoms with Crippen LogP contribution in [-0.2, 0) is 19.5 Å². The lowest BCUT2D eigenvalue weighted by molar-refractivity contribution is 0.415. The van der Waals surface area contributed by atoms with Gasteiger partial charge in [-0.05, 0) is 30.7 Å². The molecule has 6 nitrogen and oxygen atoms in total. The number of benzene rings is 2. The largest absolute Gasteiger partial charge is 0.497 e. The van der Waals surface area contributed by atoms with Crippen molar-refractivity contribution in [3.05, 3.63) is 77.1 Å². The maximum Gasteiger partial charge on any atom is 0.236 e. The number of hydrogen-bond donors (Lipinski definition) is 2. The summed E-state index contributed by atoms with van der Waals surface area (Å²) in [5.74, 6) is 2.42. The molecular weight excluding hydrogens is 374 g/mol. The first-order valence-corrected chi connectivity index (χ1v) is 10.3. The van der Waals surface area contributed by atoms with Crippen molar-refractivity contribution in [2.24, 2.45) is 0 Å². The Morgan fingerprint density at radius 2 is 1.97 bits per heavy atom. The first-order chi connectivity index (χ1) is 14.7. The molecule has 152 valence electrons. The molecule has 3 heterocycles. The highest BCUT2D eigenvalue weighted by molar-refractivity contribution is 5.84. The Kier molecular flexibility index (Phi) is 4.85. The van der Waals surface area contributed by atoms with Crippen LogP contribution in [0.5, 0.6) is 5.75 Å². The number of aromatic nitrogens is 3. The summed E-state index contributed by atoms with van der Waals surface area (Å²) < 4.78 is 7.57. The number of fused-ring (bicyclic) bond motifs is 2. The lowest BCUT2D eigenvalue weighted by Crippen LogP contribution is -2.27. The molecular formula is C24H25N5O. The zero-order valence-corrected chi connectivity index (χ0v) is 17.3. The first-order valence-electron chi connectivity index (χ1n) is 10.3. The van der Waals surface area contributed by atoms with E-state index in [1.807, 2.05) is 18.2 Å². The number of hydrogen-bond acceptors (Lipinski definition) is 5. The van der Waals surface area contributed by atoms with E-state index in [-0.39, 0.29) is 0 Å². The van der Waals surface area contributed by atoms with Crippen LogP contribution in [0.3, 0.4) is 0 Å². The molecule has 1 aliphatic heterocycles. The number of rotatable bonds is 5. The van der Waals surface area contributed by atoms with E-state index in [1.165, 1.54) is 5.56 Å². The summed E-state index contributed by atoms with van der Waals surface area (Å²) in [6.45, 7) is 4.53. The van der Waals surface area contributed by atoms with Crippen molar-refractivity contribution in [1.29, 1.82) is 0 Å². The molecule has 2 N–H and O–H groups in total. The third-order valence-electron chi connectivity index (χ3n) is 5.62. The molecule has 0 saturated carbocycles. The molecule has 0 unspecified atom stereocenters. The predicted molar refractivity (Wildman–Crippen MR) is 119 cm³/mol. The van der Waals surface area contributed by atoms with Crippen LogP contribution in [0.1, 0.15) is 22.5 Å². The van der Waals surface area contributed by atoms with Crippen LogP contribution in [0.2, 0.25) is 0 Å². The second-order valence-corrected chi connectivity index (χ2v) is 7.61. The second-order valence-electron chi connectivity index (χ2n) is 7.61. The molecule has 0 bridgehead atoms. The van der Waals surface area contributed by atoms with Gasteiger partial charge < -0.3 is 15.4 Å². The zero-order valence-electron chi connectivity index (χ0n) is 17.3. The Morgan fingerprint density at radius 1 is 1.10 bits per heavy atom. The van der Waals surface area contributed by atoms with Gasteiger partial charge in [-0.25, -0.2) is 4.98 Å². The van der Waals surface area contributed by atoms with Crippen molar-refractivity contribution in [3.63, 3.8) is 0 Å². The molecule has 30 heavy (non-hydrogen) atoms. The number of aryl methyl sites for hydroxylation is 1. The van der Waals surface area contributed by atoms with Gasteiger partial charge in [0.1, 0.15) is 11.6 Å². The third kappa shape index (κ3) is 3.39. The molecule has 4 aromatic rings. The van der Waals surface area contributed by atoms with Gasteiger partial charge in [0.05, 0.1) is 18.3 Å². The average Bonchev–Trinajstić information content (AvgIpc) is 3.12. The summed E-state index contributed by atoms with van der Waals surface area (Å²) in [5.41, 5.74) is 5.64. The number of methoxy groups -OCH3 is 1. The number of anilines is 1. The Hall–Kier alpha value is -3.38. The Labute approximate surface area is 175 Å². The summed E-state index contributed by atoms with van der Waals surface area (Å²) in [4.78, 5) is 9.94. The Bertz CT molecular complexity index is 1200. The molecule has 0 radical (unpaired) electrons. The lowest BCUT2D eigenvalue weighted by atomic mass is 10.1. The summed E-state index contributed by atoms with van der Waals surface area (Å²) in [6, 6.07) is 18.7. The van der Waals surface area contributed by atoms with Gasteiger partial charge in [0.15, 0.2) is 0 Å². The van der Waals surface area contributed by atoms with E-state index in [0.29, 0.717) is 5.95 Å². The number of nitrogens with zero attached hydrogens (tertiary/aromatic N) is 3. The summed E-state index contributed by atoms with van der Waals surface area (Å²) >= 11 is 0. The predicted octanol–water partition coefficient (Wildman–Crippen LogP) is 4.00. The van der Waals surface area contributed by atoms with Crippen molar-refractivity contribution in [3.8, 4) is 11.7 Å². The van der Waals surface area contributed by atoms with E-state index < -0.39 is 0 Å². The Morgan fingerprint density at radius 3 is 2.80 bits per heavy atom. The summed E-state index contributed by atoms with van der Waals surface area (Å²) in [7, 11) is 1.69. The van der Waals surface area contributed by atoms with Gasteiger partial charge in [0.25, 0.3) is 0 Å². The van der Waals surface area contributed by atoms with Crippen molar-refractivity contribution >= 4 is 16.7 Å². The van der Waals surface area contributed by atoms with Gasteiger partial charge in [-0.15, -0.1) is 0 Å². The van der Waals surface area contributed by atoms with E-state index >= 15 is 0 Å². The maximum atomic E-state index is 5.45. The minimum atomic E-state index is 0.701. The molecule has 5 rings (SSSR count). The van der Waals surface area contributed by atoms with E-state index in [1.54, 1.807) is 7.11 Å². The first kappa shape index (κ1) is 18.6. The van der Waals surface area contributed by atoms with Gasteiger partial charge in [0, 0.05) is 48.8 Å². The van der Waals surface area contributed by atoms with Crippen molar-refractivity contribution in [2.45, 2.75) is 26.4 Å². The second kappa shape index (κ2) is 7.80. The van der Waals surface area contributed by atoms with Gasteiger partial charge in [-0.2, -0.15) is 4.98 Å². The average molecular weight is 399 g/mol. The van der Waals surface area contributed by atoms with Crippen LogP contribution < -0.4 is 15.4 Å². The highest BCUT2D eigenvalue weighted by Gasteiger charge is 2.20. The molecule has 0 saturated heterocycles. The zero-order chi connectivity index (χ0) is 20.5. The Balaban J connectivity index is 1.61. The van der Waals surface area contributed by atoms with E-state index in [9.17, 15) is 0 Å². The molecule has 0 amide bonds. The molecule has 2 aromatic heterocycles. The van der Waals surface area contributed by atoms with E-state index in [4.69, 9.17) is 14.7 Å². The number of ether oxygens (including phenoxy) is 1. The SMILES string of the molecule is COc1ccc2cc(C)n(-c3nc4c(c(NCc5ccccc5)n3)CNCC4)c2c1. The van der Waals surface area contributed by atoms with Crippen molar-refractivity contribution in [2.75, 3.05) is 19.0 Å². The monoisotopic (exact) mass is 399 g/mol. The third-order valence-corrected chi connectivity index (χ3v) is 5.62. The van der Waals surface area contributed by atoms with Crippen LogP contribution in [0.4, 0.5) is 5.82 Å². The van der Waals surface area contributed by atoms with Crippen LogP contribution in [-0.4, -0.2) is 28.2 Å². The van der Waals surface area contributed by atoms with Crippen LogP contribution in [0, 0.1) is 6.92 Å². The summed E-state index contributed by atoms with van der Waals surface area (Å²) in [5, 5.41) is 8.15. The van der Waals surface area contributed by atoms with Gasteiger partial charge in [0.2, 0.25) is 5.95 Å². The molecule has 2 aromatic carbocycles. The van der Waals surface area contributed by atoms with Crippen LogP contribution in [0.15, 0.2) is 54.6 Å². The molecule has 0 spiro atoms. The van der Waals surface area contributed by atoms with Gasteiger partial charge >= 0.3 is 0 Å². The molecule has 0 atom stereocenters. The maximum absolute atomic E-state index is 5.45. The quantitative estimate of drug-likeness (QED) is 0.531. The molecule has 0 aliphatic carbocycles. The molecule has 0 fully saturated rings. The van der Waals surface area contributed by atoms with Crippen molar-refractivity contribution < 1.29 is 4.74 Å². The van der Waals surface area contributed by atoms with Crippen molar-refractivity contribution in [1.82, 2.24) is 19.9 Å². The van der Waals surface area contributed by atoms with E-state index in [0.717, 1.165) is 65.5 Å². The highest BCUT2D eigenvalue weighted by Crippen LogP contribution is 2.29. The van der Waals surface area contributed by atoms with E-state index in [2.05, 4.69) is 58.5 Å². The fraction of sp³-hybridized carbons (Fsp3) is 0.250. The van der Waals surface area contributed by atoms with Crippen LogP contribution >= 0.6 is 0 Å². The number of nitrogens with one attached hydrogen (secondary N) is 2.